The van der Waals surface area contributed by atoms with Crippen LogP contribution in [0.15, 0.2) is 42.1 Å². The van der Waals surface area contributed by atoms with Gasteiger partial charge >= 0.3 is 0 Å². The summed E-state index contributed by atoms with van der Waals surface area (Å²) in [5.74, 6) is 0.834. The largest absolute Gasteiger partial charge is 0.372 e. The van der Waals surface area contributed by atoms with Crippen LogP contribution in [0, 0.1) is 0 Å². The van der Waals surface area contributed by atoms with Gasteiger partial charge in [-0.1, -0.05) is 17.8 Å². The summed E-state index contributed by atoms with van der Waals surface area (Å²) in [5, 5.41) is 12.0. The third-order valence-corrected chi connectivity index (χ3v) is 8.34. The van der Waals surface area contributed by atoms with Gasteiger partial charge in [0, 0.05) is 36.9 Å². The van der Waals surface area contributed by atoms with Gasteiger partial charge in [-0.15, -0.1) is 16.8 Å². The topological polar surface area (TPSA) is 97.2 Å². The average Bonchev–Trinajstić information content (AvgIpc) is 3.48. The van der Waals surface area contributed by atoms with E-state index in [1.54, 1.807) is 6.08 Å². The lowest BCUT2D eigenvalue weighted by atomic mass is 10.1. The zero-order valence-electron chi connectivity index (χ0n) is 17.4. The van der Waals surface area contributed by atoms with Gasteiger partial charge in [-0.2, -0.15) is 0 Å². The zero-order valence-corrected chi connectivity index (χ0v) is 19.0. The normalized spacial score (nSPS) is 20.1. The van der Waals surface area contributed by atoms with Crippen LogP contribution in [0.1, 0.15) is 31.0 Å². The van der Waals surface area contributed by atoms with Gasteiger partial charge in [-0.05, 0) is 43.5 Å². The number of rotatable bonds is 8. The summed E-state index contributed by atoms with van der Waals surface area (Å²) >= 11 is 1.29. The minimum absolute atomic E-state index is 0.0981. The molecule has 31 heavy (non-hydrogen) atoms. The first-order valence-electron chi connectivity index (χ1n) is 10.5. The average molecular weight is 462 g/mol. The Morgan fingerprint density at radius 1 is 1.23 bits per heavy atom. The molecular formula is C21H27N5O3S2. The number of sulfone groups is 1. The van der Waals surface area contributed by atoms with E-state index in [4.69, 9.17) is 0 Å². The van der Waals surface area contributed by atoms with E-state index >= 15 is 0 Å². The van der Waals surface area contributed by atoms with Crippen LogP contribution in [0.3, 0.4) is 0 Å². The van der Waals surface area contributed by atoms with E-state index in [0.29, 0.717) is 23.9 Å². The van der Waals surface area contributed by atoms with Crippen molar-refractivity contribution in [1.29, 1.82) is 0 Å². The summed E-state index contributed by atoms with van der Waals surface area (Å²) in [5.41, 5.74) is 1.95. The Hall–Kier alpha value is -2.33. The smallest absolute Gasteiger partial charge is 0.234 e. The molecule has 10 heteroatoms. The van der Waals surface area contributed by atoms with Crippen LogP contribution in [-0.4, -0.2) is 59.4 Å². The first-order chi connectivity index (χ1) is 14.9. The number of anilines is 2. The molecule has 0 bridgehead atoms. The van der Waals surface area contributed by atoms with Crippen LogP contribution < -0.4 is 10.2 Å². The molecule has 0 saturated carbocycles. The van der Waals surface area contributed by atoms with Crippen molar-refractivity contribution in [3.8, 4) is 0 Å². The van der Waals surface area contributed by atoms with Gasteiger partial charge in [0.2, 0.25) is 5.91 Å². The van der Waals surface area contributed by atoms with Crippen LogP contribution in [0.25, 0.3) is 0 Å². The molecule has 2 saturated heterocycles. The number of benzene rings is 1. The predicted octanol–water partition coefficient (Wildman–Crippen LogP) is 2.70. The van der Waals surface area contributed by atoms with E-state index in [1.807, 2.05) is 28.8 Å². The quantitative estimate of drug-likeness (QED) is 0.477. The van der Waals surface area contributed by atoms with Gasteiger partial charge in [0.25, 0.3) is 0 Å². The maximum Gasteiger partial charge on any atom is 0.234 e. The van der Waals surface area contributed by atoms with Crippen molar-refractivity contribution in [3.05, 3.63) is 42.7 Å². The number of nitrogens with zero attached hydrogens (tertiary/aromatic N) is 4. The van der Waals surface area contributed by atoms with Crippen LogP contribution >= 0.6 is 11.8 Å². The fourth-order valence-corrected chi connectivity index (χ4v) is 6.56. The summed E-state index contributed by atoms with van der Waals surface area (Å²) in [6, 6.07) is 7.93. The maximum atomic E-state index is 12.4. The number of amides is 1. The number of hydrogen-bond acceptors (Lipinski definition) is 7. The summed E-state index contributed by atoms with van der Waals surface area (Å²) in [6.45, 7) is 6.42. The summed E-state index contributed by atoms with van der Waals surface area (Å²) < 4.78 is 25.5. The van der Waals surface area contributed by atoms with Crippen LogP contribution in [0.4, 0.5) is 11.4 Å². The van der Waals surface area contributed by atoms with Crippen molar-refractivity contribution < 1.29 is 13.2 Å². The van der Waals surface area contributed by atoms with Gasteiger partial charge in [0.1, 0.15) is 5.82 Å². The van der Waals surface area contributed by atoms with Gasteiger partial charge in [-0.3, -0.25) is 4.79 Å². The standard InChI is InChI=1S/C21H27N5O3S2/c1-2-10-26-20(16-9-13-31(28,29)15-16)23-24-21(26)30-14-19(27)22-17-5-7-18(8-6-17)25-11-3-4-12-25/h2,5-8,16H,1,3-4,9-15H2,(H,22,27). The molecule has 0 spiro atoms. The van der Waals surface area contributed by atoms with E-state index in [1.165, 1.54) is 30.3 Å². The van der Waals surface area contributed by atoms with Gasteiger partial charge in [-0.25, -0.2) is 8.42 Å². The molecule has 8 nitrogen and oxygen atoms in total. The lowest BCUT2D eigenvalue weighted by Crippen LogP contribution is -2.18. The van der Waals surface area contributed by atoms with Crippen LogP contribution in [0.2, 0.25) is 0 Å². The highest BCUT2D eigenvalue weighted by Crippen LogP contribution is 2.30. The van der Waals surface area contributed by atoms with Crippen molar-refractivity contribution in [1.82, 2.24) is 14.8 Å². The highest BCUT2D eigenvalue weighted by atomic mass is 32.2. The molecule has 2 aromatic rings. The number of thioether (sulfide) groups is 1. The number of hydrogen-bond donors (Lipinski definition) is 1. The summed E-state index contributed by atoms with van der Waals surface area (Å²) in [4.78, 5) is 14.8. The molecule has 1 aromatic carbocycles. The summed E-state index contributed by atoms with van der Waals surface area (Å²) in [7, 11) is -3.02. The number of allylic oxidation sites excluding steroid dienone is 1. The molecule has 166 valence electrons. The SMILES string of the molecule is C=CCn1c(SCC(=O)Nc2ccc(N3CCCC3)cc2)nnc1C1CCS(=O)(=O)C1. The van der Waals surface area contributed by atoms with E-state index in [2.05, 4.69) is 27.0 Å². The van der Waals surface area contributed by atoms with Crippen LogP contribution in [-0.2, 0) is 21.2 Å². The van der Waals surface area contributed by atoms with Gasteiger partial charge in [0.05, 0.1) is 17.3 Å². The molecule has 1 amide bonds. The van der Waals surface area contributed by atoms with Crippen LogP contribution in [0.5, 0.6) is 0 Å². The molecule has 4 rings (SSSR count). The zero-order chi connectivity index (χ0) is 21.8. The number of carbonyl (C=O) groups excluding carboxylic acids is 1. The fourth-order valence-electron chi connectivity index (χ4n) is 4.07. The molecule has 0 radical (unpaired) electrons. The molecule has 0 aliphatic carbocycles. The van der Waals surface area contributed by atoms with Crippen molar-refractivity contribution >= 4 is 38.9 Å². The number of carbonyl (C=O) groups is 1. The fraction of sp³-hybridized carbons (Fsp3) is 0.476. The molecular weight excluding hydrogens is 434 g/mol. The lowest BCUT2D eigenvalue weighted by Gasteiger charge is -2.17. The van der Waals surface area contributed by atoms with Gasteiger partial charge in [0.15, 0.2) is 15.0 Å². The molecule has 1 unspecified atom stereocenters. The molecule has 2 aliphatic rings. The monoisotopic (exact) mass is 461 g/mol. The molecule has 3 heterocycles. The second kappa shape index (κ2) is 9.44. The van der Waals surface area contributed by atoms with Crippen molar-refractivity contribution in [2.75, 3.05) is 40.6 Å². The Morgan fingerprint density at radius 3 is 2.61 bits per heavy atom. The molecule has 1 N–H and O–H groups in total. The van der Waals surface area contributed by atoms with E-state index < -0.39 is 9.84 Å². The van der Waals surface area contributed by atoms with E-state index in [9.17, 15) is 13.2 Å². The minimum atomic E-state index is -3.02. The molecule has 1 aromatic heterocycles. The Morgan fingerprint density at radius 2 is 1.97 bits per heavy atom. The maximum absolute atomic E-state index is 12.4. The van der Waals surface area contributed by atoms with Crippen molar-refractivity contribution in [2.45, 2.75) is 36.9 Å². The number of aromatic nitrogens is 3. The van der Waals surface area contributed by atoms with Gasteiger partial charge < -0.3 is 14.8 Å². The third kappa shape index (κ3) is 5.30. The molecule has 1 atom stereocenters. The first-order valence-corrected chi connectivity index (χ1v) is 13.3. The molecule has 2 aliphatic heterocycles. The Balaban J connectivity index is 1.36. The highest BCUT2D eigenvalue weighted by Gasteiger charge is 2.33. The summed E-state index contributed by atoms with van der Waals surface area (Å²) in [6.07, 6.45) is 4.73. The first kappa shape index (κ1) is 21.9. The van der Waals surface area contributed by atoms with Crippen molar-refractivity contribution in [3.63, 3.8) is 0 Å². The third-order valence-electron chi connectivity index (χ3n) is 5.61. The molecule has 2 fully saturated rings. The van der Waals surface area contributed by atoms with Crippen molar-refractivity contribution in [2.24, 2.45) is 0 Å². The Labute approximate surface area is 187 Å². The second-order valence-electron chi connectivity index (χ2n) is 7.92. The lowest BCUT2D eigenvalue weighted by molar-refractivity contribution is -0.113. The predicted molar refractivity (Wildman–Crippen MR) is 123 cm³/mol. The van der Waals surface area contributed by atoms with E-state index in [-0.39, 0.29) is 29.1 Å². The van der Waals surface area contributed by atoms with E-state index in [0.717, 1.165) is 18.8 Å². The number of nitrogens with one attached hydrogen (secondary N) is 1. The minimum Gasteiger partial charge on any atom is -0.372 e. The highest BCUT2D eigenvalue weighted by molar-refractivity contribution is 7.99. The Kier molecular flexibility index (Phi) is 6.66. The Bertz CT molecular complexity index is 1040. The second-order valence-corrected chi connectivity index (χ2v) is 11.1.